The average molecular weight is 273 g/mol. The molecule has 1 aromatic rings. The summed E-state index contributed by atoms with van der Waals surface area (Å²) in [6.45, 7) is 7.74. The fourth-order valence-electron chi connectivity index (χ4n) is 2.40. The zero-order valence-electron chi connectivity index (χ0n) is 12.6. The summed E-state index contributed by atoms with van der Waals surface area (Å²) in [5.41, 5.74) is 1.93. The van der Waals surface area contributed by atoms with Gasteiger partial charge in [-0.25, -0.2) is 0 Å². The van der Waals surface area contributed by atoms with Crippen LogP contribution >= 0.6 is 0 Å². The van der Waals surface area contributed by atoms with Crippen LogP contribution in [0.3, 0.4) is 0 Å². The molecule has 0 fully saturated rings. The average Bonchev–Trinajstić information content (AvgIpc) is 2.37. The molecule has 0 saturated heterocycles. The van der Waals surface area contributed by atoms with Crippen molar-refractivity contribution in [2.24, 2.45) is 0 Å². The van der Waals surface area contributed by atoms with Crippen molar-refractivity contribution in [3.05, 3.63) is 42.0 Å². The van der Waals surface area contributed by atoms with Crippen molar-refractivity contribution in [1.82, 2.24) is 5.32 Å². The van der Waals surface area contributed by atoms with Crippen LogP contribution < -0.4 is 5.32 Å². The Kier molecular flexibility index (Phi) is 4.29. The van der Waals surface area contributed by atoms with Gasteiger partial charge in [-0.05, 0) is 45.3 Å². The van der Waals surface area contributed by atoms with E-state index in [1.807, 2.05) is 39.0 Å². The van der Waals surface area contributed by atoms with Crippen LogP contribution in [0.2, 0.25) is 0 Å². The van der Waals surface area contributed by atoms with E-state index in [4.69, 9.17) is 4.74 Å². The molecule has 3 heteroatoms. The molecule has 0 aliphatic carbocycles. The third-order valence-electron chi connectivity index (χ3n) is 3.18. The highest BCUT2D eigenvalue weighted by molar-refractivity contribution is 5.81. The zero-order chi connectivity index (χ0) is 14.8. The molecule has 0 amide bonds. The van der Waals surface area contributed by atoms with Crippen LogP contribution in [0.5, 0.6) is 0 Å². The summed E-state index contributed by atoms with van der Waals surface area (Å²) >= 11 is 0. The van der Waals surface area contributed by atoms with E-state index in [1.165, 1.54) is 11.1 Å². The molecule has 1 heterocycles. The highest BCUT2D eigenvalue weighted by Gasteiger charge is 2.29. The summed E-state index contributed by atoms with van der Waals surface area (Å²) in [5.74, 6) is -0.175. The standard InChI is InChI=1S/C17H23NO2/c1-12-10-14(13-8-6-5-7-9-13)11-15(18-12)16(19)20-17(2,3)4/h5-10,12,15,18H,11H2,1-4H3/t12-,15-/m0/s1. The van der Waals surface area contributed by atoms with Crippen LogP contribution in [-0.4, -0.2) is 23.7 Å². The lowest BCUT2D eigenvalue weighted by atomic mass is 9.93. The normalized spacial score (nSPS) is 23.1. The number of carbonyl (C=O) groups is 1. The number of esters is 1. The van der Waals surface area contributed by atoms with Gasteiger partial charge in [0.1, 0.15) is 11.6 Å². The summed E-state index contributed by atoms with van der Waals surface area (Å²) in [4.78, 5) is 12.2. The minimum atomic E-state index is -0.448. The Morgan fingerprint density at radius 3 is 2.50 bits per heavy atom. The third kappa shape index (κ3) is 3.94. The van der Waals surface area contributed by atoms with Crippen LogP contribution in [0.1, 0.15) is 39.7 Å². The van der Waals surface area contributed by atoms with E-state index in [-0.39, 0.29) is 18.1 Å². The van der Waals surface area contributed by atoms with Crippen molar-refractivity contribution in [2.75, 3.05) is 0 Å². The summed E-state index contributed by atoms with van der Waals surface area (Å²) in [5, 5.41) is 3.29. The number of hydrogen-bond donors (Lipinski definition) is 1. The molecule has 1 aromatic carbocycles. The monoisotopic (exact) mass is 273 g/mol. The van der Waals surface area contributed by atoms with Gasteiger partial charge in [0, 0.05) is 6.04 Å². The maximum absolute atomic E-state index is 12.2. The number of carbonyl (C=O) groups excluding carboxylic acids is 1. The van der Waals surface area contributed by atoms with Gasteiger partial charge in [-0.3, -0.25) is 10.1 Å². The van der Waals surface area contributed by atoms with Gasteiger partial charge >= 0.3 is 5.97 Å². The van der Waals surface area contributed by atoms with Crippen molar-refractivity contribution in [3.8, 4) is 0 Å². The maximum atomic E-state index is 12.2. The van der Waals surface area contributed by atoms with E-state index in [0.29, 0.717) is 6.42 Å². The molecule has 0 spiro atoms. The lowest BCUT2D eigenvalue weighted by molar-refractivity contribution is -0.157. The fourth-order valence-corrected chi connectivity index (χ4v) is 2.40. The molecule has 0 aromatic heterocycles. The van der Waals surface area contributed by atoms with Gasteiger partial charge in [-0.1, -0.05) is 36.4 Å². The molecule has 1 aliphatic heterocycles. The van der Waals surface area contributed by atoms with Gasteiger partial charge in [0.25, 0.3) is 0 Å². The van der Waals surface area contributed by atoms with Crippen molar-refractivity contribution < 1.29 is 9.53 Å². The van der Waals surface area contributed by atoms with Crippen LogP contribution in [-0.2, 0) is 9.53 Å². The van der Waals surface area contributed by atoms with E-state index < -0.39 is 5.60 Å². The molecule has 20 heavy (non-hydrogen) atoms. The van der Waals surface area contributed by atoms with Gasteiger partial charge < -0.3 is 4.74 Å². The molecule has 0 unspecified atom stereocenters. The Bertz CT molecular complexity index is 499. The molecule has 0 bridgehead atoms. The van der Waals surface area contributed by atoms with Crippen molar-refractivity contribution in [2.45, 2.75) is 51.8 Å². The van der Waals surface area contributed by atoms with Gasteiger partial charge in [0.15, 0.2) is 0 Å². The van der Waals surface area contributed by atoms with Crippen LogP contribution in [0.15, 0.2) is 36.4 Å². The van der Waals surface area contributed by atoms with Crippen LogP contribution in [0.4, 0.5) is 0 Å². The minimum absolute atomic E-state index is 0.163. The molecular weight excluding hydrogens is 250 g/mol. The van der Waals surface area contributed by atoms with Gasteiger partial charge in [-0.15, -0.1) is 0 Å². The highest BCUT2D eigenvalue weighted by atomic mass is 16.6. The Labute approximate surface area is 121 Å². The Hall–Kier alpha value is -1.61. The fraction of sp³-hybridized carbons (Fsp3) is 0.471. The molecule has 1 N–H and O–H groups in total. The minimum Gasteiger partial charge on any atom is -0.459 e. The second-order valence-electron chi connectivity index (χ2n) is 6.30. The molecule has 3 nitrogen and oxygen atoms in total. The summed E-state index contributed by atoms with van der Waals surface area (Å²) in [6.07, 6.45) is 2.85. The largest absolute Gasteiger partial charge is 0.459 e. The second kappa shape index (κ2) is 5.80. The van der Waals surface area contributed by atoms with Crippen molar-refractivity contribution in [3.63, 3.8) is 0 Å². The summed E-state index contributed by atoms with van der Waals surface area (Å²) in [6, 6.07) is 10.1. The topological polar surface area (TPSA) is 38.3 Å². The number of benzene rings is 1. The van der Waals surface area contributed by atoms with E-state index in [1.54, 1.807) is 0 Å². The smallest absolute Gasteiger partial charge is 0.324 e. The summed E-state index contributed by atoms with van der Waals surface area (Å²) < 4.78 is 5.48. The molecule has 2 rings (SSSR count). The highest BCUT2D eigenvalue weighted by Crippen LogP contribution is 2.25. The third-order valence-corrected chi connectivity index (χ3v) is 3.18. The first kappa shape index (κ1) is 14.8. The maximum Gasteiger partial charge on any atom is 0.324 e. The van der Waals surface area contributed by atoms with Crippen LogP contribution in [0.25, 0.3) is 5.57 Å². The zero-order valence-corrected chi connectivity index (χ0v) is 12.6. The van der Waals surface area contributed by atoms with E-state index in [2.05, 4.69) is 30.4 Å². The molecule has 0 radical (unpaired) electrons. The number of hydrogen-bond acceptors (Lipinski definition) is 3. The number of nitrogens with one attached hydrogen (secondary N) is 1. The number of ether oxygens (including phenoxy) is 1. The Morgan fingerprint density at radius 2 is 1.90 bits per heavy atom. The van der Waals surface area contributed by atoms with E-state index >= 15 is 0 Å². The van der Waals surface area contributed by atoms with E-state index in [9.17, 15) is 4.79 Å². The van der Waals surface area contributed by atoms with Crippen LogP contribution in [0, 0.1) is 0 Å². The molecule has 108 valence electrons. The predicted molar refractivity (Wildman–Crippen MR) is 81.3 cm³/mol. The first-order chi connectivity index (χ1) is 9.35. The lowest BCUT2D eigenvalue weighted by Crippen LogP contribution is -2.46. The summed E-state index contributed by atoms with van der Waals surface area (Å²) in [7, 11) is 0. The molecule has 1 aliphatic rings. The lowest BCUT2D eigenvalue weighted by Gasteiger charge is -2.30. The van der Waals surface area contributed by atoms with E-state index in [0.717, 1.165) is 0 Å². The first-order valence-corrected chi connectivity index (χ1v) is 7.10. The molecule has 0 saturated carbocycles. The van der Waals surface area contributed by atoms with Gasteiger partial charge in [-0.2, -0.15) is 0 Å². The van der Waals surface area contributed by atoms with Crippen molar-refractivity contribution >= 4 is 11.5 Å². The van der Waals surface area contributed by atoms with Crippen molar-refractivity contribution in [1.29, 1.82) is 0 Å². The second-order valence-corrected chi connectivity index (χ2v) is 6.30. The quantitative estimate of drug-likeness (QED) is 0.841. The number of rotatable bonds is 2. The Balaban J connectivity index is 2.13. The van der Waals surface area contributed by atoms with Gasteiger partial charge in [0.05, 0.1) is 0 Å². The predicted octanol–water partition coefficient (Wildman–Crippen LogP) is 3.16. The van der Waals surface area contributed by atoms with Gasteiger partial charge in [0.2, 0.25) is 0 Å². The Morgan fingerprint density at radius 1 is 1.25 bits per heavy atom. The first-order valence-electron chi connectivity index (χ1n) is 7.10. The molecular formula is C17H23NO2. The SMILES string of the molecule is C[C@H]1C=C(c2ccccc2)C[C@@H](C(=O)OC(C)(C)C)N1. The molecule has 2 atom stereocenters.